The van der Waals surface area contributed by atoms with Crippen molar-refractivity contribution in [2.24, 2.45) is 0 Å². The second-order valence-corrected chi connectivity index (χ2v) is 8.66. The maximum atomic E-state index is 14.8. The predicted octanol–water partition coefficient (Wildman–Crippen LogP) is 4.85. The van der Waals surface area contributed by atoms with Gasteiger partial charge in [0.25, 0.3) is 0 Å². The van der Waals surface area contributed by atoms with Crippen molar-refractivity contribution < 1.29 is 27.1 Å². The van der Waals surface area contributed by atoms with E-state index in [4.69, 9.17) is 10.5 Å². The fourth-order valence-corrected chi connectivity index (χ4v) is 4.12. The molecule has 0 unspecified atom stereocenters. The lowest BCUT2D eigenvalue weighted by Gasteiger charge is -2.20. The molecule has 1 amide bonds. The summed E-state index contributed by atoms with van der Waals surface area (Å²) in [6.45, 7) is 5.66. The number of nitrogens with two attached hydrogens (primary N) is 1. The Balaban J connectivity index is 1.65. The van der Waals surface area contributed by atoms with Crippen molar-refractivity contribution in [1.82, 2.24) is 14.9 Å². The lowest BCUT2D eigenvalue weighted by molar-refractivity contribution is -0.137. The van der Waals surface area contributed by atoms with Crippen molar-refractivity contribution in [3.05, 3.63) is 53.1 Å². The van der Waals surface area contributed by atoms with Crippen LogP contribution < -0.4 is 15.8 Å². The molecule has 2 aromatic carbocycles. The maximum absolute atomic E-state index is 14.8. The van der Waals surface area contributed by atoms with Gasteiger partial charge < -0.3 is 20.7 Å². The van der Waals surface area contributed by atoms with Gasteiger partial charge in [0.15, 0.2) is 11.6 Å². The van der Waals surface area contributed by atoms with Gasteiger partial charge in [0.05, 0.1) is 23.7 Å². The molecular formula is C24H25F4N5O2. The summed E-state index contributed by atoms with van der Waals surface area (Å²) in [5.74, 6) is -0.0232. The minimum absolute atomic E-state index is 0.0128. The van der Waals surface area contributed by atoms with Gasteiger partial charge in [-0.3, -0.25) is 4.79 Å². The quantitative estimate of drug-likeness (QED) is 0.392. The highest BCUT2D eigenvalue weighted by Gasteiger charge is 2.31. The Kier molecular flexibility index (Phi) is 6.44. The maximum Gasteiger partial charge on any atom is 0.416 e. The lowest BCUT2D eigenvalue weighted by atomic mass is 10.0. The van der Waals surface area contributed by atoms with Gasteiger partial charge in [0.1, 0.15) is 17.7 Å². The molecule has 0 radical (unpaired) electrons. The molecule has 0 saturated carbocycles. The normalized spacial score (nSPS) is 17.0. The summed E-state index contributed by atoms with van der Waals surface area (Å²) in [5.41, 5.74) is 5.48. The SMILES string of the molecule is CC(=O)N1CC[C@H](Oc2cc3c(N[C@H](C)c4cc(N)cc(C(F)(F)F)c4)nc(C)nc3cc2F)C1. The molecule has 0 spiro atoms. The van der Waals surface area contributed by atoms with Crippen LogP contribution in [0.2, 0.25) is 0 Å². The topological polar surface area (TPSA) is 93.4 Å². The molecule has 2 heterocycles. The Hall–Kier alpha value is -3.63. The largest absolute Gasteiger partial charge is 0.485 e. The van der Waals surface area contributed by atoms with Crippen molar-refractivity contribution in [1.29, 1.82) is 0 Å². The Morgan fingerprint density at radius 1 is 1.23 bits per heavy atom. The Labute approximate surface area is 199 Å². The third kappa shape index (κ3) is 5.39. The second-order valence-electron chi connectivity index (χ2n) is 8.66. The molecule has 1 saturated heterocycles. The zero-order chi connectivity index (χ0) is 25.5. The van der Waals surface area contributed by atoms with Crippen molar-refractivity contribution in [2.75, 3.05) is 24.1 Å². The molecule has 4 rings (SSSR count). The number of nitrogen functional groups attached to an aromatic ring is 1. The first-order chi connectivity index (χ1) is 16.4. The standard InChI is InChI=1S/C24H25F4N5O2/c1-12(15-6-16(24(26,27)28)8-17(29)7-15)30-23-19-9-22(20(25)10-21(19)31-13(2)32-23)35-18-4-5-33(11-18)14(3)34/h6-10,12,18H,4-5,11,29H2,1-3H3,(H,30,31,32)/t12-,18+/m1/s1. The number of fused-ring (bicyclic) bond motifs is 1. The van der Waals surface area contributed by atoms with Crippen LogP contribution in [0.4, 0.5) is 29.1 Å². The predicted molar refractivity (Wildman–Crippen MR) is 123 cm³/mol. The number of ether oxygens (including phenoxy) is 1. The molecular weight excluding hydrogens is 466 g/mol. The smallest absolute Gasteiger partial charge is 0.416 e. The fourth-order valence-electron chi connectivity index (χ4n) is 4.12. The number of aryl methyl sites for hydroxylation is 1. The van der Waals surface area contributed by atoms with E-state index in [1.165, 1.54) is 25.1 Å². The van der Waals surface area contributed by atoms with Crippen molar-refractivity contribution in [2.45, 2.75) is 45.5 Å². The van der Waals surface area contributed by atoms with Gasteiger partial charge in [-0.2, -0.15) is 13.2 Å². The number of likely N-dealkylation sites (tertiary alicyclic amines) is 1. The average molecular weight is 491 g/mol. The summed E-state index contributed by atoms with van der Waals surface area (Å²) in [5, 5.41) is 3.55. The molecule has 1 aliphatic heterocycles. The lowest BCUT2D eigenvalue weighted by Crippen LogP contribution is -2.28. The molecule has 11 heteroatoms. The Morgan fingerprint density at radius 3 is 2.63 bits per heavy atom. The van der Waals surface area contributed by atoms with Crippen LogP contribution in [0.25, 0.3) is 10.9 Å². The summed E-state index contributed by atoms with van der Waals surface area (Å²) in [6, 6.07) is 5.46. The van der Waals surface area contributed by atoms with E-state index in [-0.39, 0.29) is 23.4 Å². The number of halogens is 4. The number of rotatable bonds is 5. The van der Waals surface area contributed by atoms with Gasteiger partial charge in [-0.05, 0) is 43.7 Å². The summed E-state index contributed by atoms with van der Waals surface area (Å²) in [6.07, 6.45) is -4.33. The van der Waals surface area contributed by atoms with Gasteiger partial charge >= 0.3 is 6.18 Å². The van der Waals surface area contributed by atoms with Crippen molar-refractivity contribution in [3.8, 4) is 5.75 Å². The number of carbonyl (C=O) groups excluding carboxylic acids is 1. The summed E-state index contributed by atoms with van der Waals surface area (Å²) in [4.78, 5) is 21.9. The molecule has 1 fully saturated rings. The van der Waals surface area contributed by atoms with E-state index in [2.05, 4.69) is 15.3 Å². The van der Waals surface area contributed by atoms with Gasteiger partial charge in [-0.25, -0.2) is 14.4 Å². The number of alkyl halides is 3. The third-order valence-electron chi connectivity index (χ3n) is 5.90. The van der Waals surface area contributed by atoms with Gasteiger partial charge in [-0.1, -0.05) is 0 Å². The molecule has 35 heavy (non-hydrogen) atoms. The van der Waals surface area contributed by atoms with Crippen LogP contribution in [0.3, 0.4) is 0 Å². The van der Waals surface area contributed by atoms with Crippen LogP contribution in [0.1, 0.15) is 43.3 Å². The van der Waals surface area contributed by atoms with Crippen LogP contribution in [0.5, 0.6) is 5.75 Å². The minimum atomic E-state index is -4.54. The molecule has 1 aliphatic rings. The van der Waals surface area contributed by atoms with E-state index in [9.17, 15) is 22.4 Å². The van der Waals surface area contributed by atoms with Gasteiger partial charge in [-0.15, -0.1) is 0 Å². The Morgan fingerprint density at radius 2 is 1.97 bits per heavy atom. The first kappa shape index (κ1) is 24.5. The summed E-state index contributed by atoms with van der Waals surface area (Å²) >= 11 is 0. The fraction of sp³-hybridized carbons (Fsp3) is 0.375. The summed E-state index contributed by atoms with van der Waals surface area (Å²) < 4.78 is 60.4. The summed E-state index contributed by atoms with van der Waals surface area (Å²) in [7, 11) is 0. The number of hydrogen-bond donors (Lipinski definition) is 2. The molecule has 1 aromatic heterocycles. The molecule has 0 bridgehead atoms. The second kappa shape index (κ2) is 9.20. The molecule has 7 nitrogen and oxygen atoms in total. The van der Waals surface area contributed by atoms with E-state index < -0.39 is 23.6 Å². The number of nitrogens with one attached hydrogen (secondary N) is 1. The average Bonchev–Trinajstić information content (AvgIpc) is 3.22. The first-order valence-corrected chi connectivity index (χ1v) is 11.0. The minimum Gasteiger partial charge on any atom is -0.485 e. The van der Waals surface area contributed by atoms with Crippen molar-refractivity contribution in [3.63, 3.8) is 0 Å². The molecule has 186 valence electrons. The van der Waals surface area contributed by atoms with E-state index >= 15 is 0 Å². The van der Waals surface area contributed by atoms with Crippen LogP contribution in [0.15, 0.2) is 30.3 Å². The van der Waals surface area contributed by atoms with Crippen LogP contribution in [0, 0.1) is 12.7 Å². The highest BCUT2D eigenvalue weighted by molar-refractivity contribution is 5.90. The number of amides is 1. The monoisotopic (exact) mass is 491 g/mol. The zero-order valence-corrected chi connectivity index (χ0v) is 19.4. The molecule has 3 N–H and O–H groups in total. The number of anilines is 2. The van der Waals surface area contributed by atoms with E-state index in [0.29, 0.717) is 47.6 Å². The number of hydrogen-bond acceptors (Lipinski definition) is 6. The van der Waals surface area contributed by atoms with Crippen LogP contribution in [-0.4, -0.2) is 40.0 Å². The highest BCUT2D eigenvalue weighted by atomic mass is 19.4. The van der Waals surface area contributed by atoms with E-state index in [0.717, 1.165) is 12.1 Å². The number of aromatic nitrogens is 2. The molecule has 0 aliphatic carbocycles. The van der Waals surface area contributed by atoms with Crippen molar-refractivity contribution >= 4 is 28.3 Å². The van der Waals surface area contributed by atoms with Crippen LogP contribution in [-0.2, 0) is 11.0 Å². The zero-order valence-electron chi connectivity index (χ0n) is 19.4. The van der Waals surface area contributed by atoms with Gasteiger partial charge in [0, 0.05) is 37.0 Å². The number of nitrogens with zero attached hydrogens (tertiary/aromatic N) is 3. The van der Waals surface area contributed by atoms with E-state index in [1.54, 1.807) is 18.7 Å². The number of benzene rings is 2. The third-order valence-corrected chi connectivity index (χ3v) is 5.90. The molecule has 3 aromatic rings. The molecule has 2 atom stereocenters. The number of carbonyl (C=O) groups is 1. The first-order valence-electron chi connectivity index (χ1n) is 11.0. The Bertz CT molecular complexity index is 1280. The van der Waals surface area contributed by atoms with Crippen LogP contribution >= 0.6 is 0 Å². The highest BCUT2D eigenvalue weighted by Crippen LogP contribution is 2.35. The van der Waals surface area contributed by atoms with Gasteiger partial charge in [0.2, 0.25) is 5.91 Å². The van der Waals surface area contributed by atoms with E-state index in [1.807, 2.05) is 0 Å².